The van der Waals surface area contributed by atoms with Gasteiger partial charge in [0.25, 0.3) is 0 Å². The molecule has 0 saturated carbocycles. The van der Waals surface area contributed by atoms with Crippen LogP contribution in [0, 0.1) is 22.7 Å². The second kappa shape index (κ2) is 6.50. The maximum Gasteiger partial charge on any atom is 0.335 e. The molecule has 0 spiro atoms. The van der Waals surface area contributed by atoms with Gasteiger partial charge in [-0.3, -0.25) is 0 Å². The van der Waals surface area contributed by atoms with Gasteiger partial charge in [-0.25, -0.2) is 4.79 Å². The lowest BCUT2D eigenvalue weighted by atomic mass is 9.94. The molecule has 0 aliphatic heterocycles. The van der Waals surface area contributed by atoms with E-state index >= 15 is 0 Å². The first-order valence-corrected chi connectivity index (χ1v) is 6.57. The number of benzene rings is 2. The first kappa shape index (κ1) is 15.9. The van der Waals surface area contributed by atoms with E-state index in [2.05, 4.69) is 0 Å². The molecule has 0 radical (unpaired) electrons. The highest BCUT2D eigenvalue weighted by Crippen LogP contribution is 2.35. The highest BCUT2D eigenvalue weighted by atomic mass is 16.5. The Morgan fingerprint density at radius 1 is 1.26 bits per heavy atom. The van der Waals surface area contributed by atoms with Crippen molar-refractivity contribution in [1.82, 2.24) is 0 Å². The van der Waals surface area contributed by atoms with Crippen LogP contribution in [0.5, 0.6) is 11.5 Å². The average molecular weight is 308 g/mol. The summed E-state index contributed by atoms with van der Waals surface area (Å²) in [6.45, 7) is 0. The minimum Gasteiger partial charge on any atom is -0.503 e. The molecule has 0 fully saturated rings. The number of nitrogens with zero attached hydrogens (tertiary/aromatic N) is 2. The van der Waals surface area contributed by atoms with Crippen molar-refractivity contribution >= 4 is 5.97 Å². The summed E-state index contributed by atoms with van der Waals surface area (Å²) in [6.07, 6.45) is 0.143. The molecule has 0 heterocycles. The molecule has 0 aromatic heterocycles. The maximum atomic E-state index is 11.0. The van der Waals surface area contributed by atoms with Gasteiger partial charge < -0.3 is 14.9 Å². The van der Waals surface area contributed by atoms with Crippen LogP contribution in [0.15, 0.2) is 30.3 Å². The van der Waals surface area contributed by atoms with Gasteiger partial charge >= 0.3 is 5.97 Å². The largest absolute Gasteiger partial charge is 0.503 e. The van der Waals surface area contributed by atoms with Crippen LogP contribution in [0.2, 0.25) is 0 Å². The highest BCUT2D eigenvalue weighted by Gasteiger charge is 2.19. The number of carbonyl (C=O) groups is 1. The summed E-state index contributed by atoms with van der Waals surface area (Å²) < 4.78 is 4.96. The second-order valence-corrected chi connectivity index (χ2v) is 4.73. The van der Waals surface area contributed by atoms with E-state index in [-0.39, 0.29) is 34.6 Å². The topological polar surface area (TPSA) is 114 Å². The summed E-state index contributed by atoms with van der Waals surface area (Å²) in [5.41, 5.74) is 1.19. The minimum atomic E-state index is -1.06. The fourth-order valence-corrected chi connectivity index (χ4v) is 2.27. The predicted octanol–water partition coefficient (Wildman–Crippen LogP) is 2.43. The molecule has 0 saturated heterocycles. The van der Waals surface area contributed by atoms with Crippen molar-refractivity contribution in [3.8, 4) is 23.6 Å². The van der Waals surface area contributed by atoms with Crippen LogP contribution in [-0.4, -0.2) is 23.3 Å². The fourth-order valence-electron chi connectivity index (χ4n) is 2.27. The van der Waals surface area contributed by atoms with Crippen molar-refractivity contribution in [2.24, 2.45) is 0 Å². The first-order chi connectivity index (χ1) is 11.0. The van der Waals surface area contributed by atoms with E-state index in [1.165, 1.54) is 25.3 Å². The Hall–Kier alpha value is -3.51. The average Bonchev–Trinajstić information content (AvgIpc) is 2.55. The Balaban J connectivity index is 2.58. The van der Waals surface area contributed by atoms with E-state index in [9.17, 15) is 20.4 Å². The number of carboxylic acid groups (broad SMARTS) is 1. The molecule has 114 valence electrons. The Bertz CT molecular complexity index is 860. The monoisotopic (exact) mass is 308 g/mol. The number of aromatic hydroxyl groups is 1. The summed E-state index contributed by atoms with van der Waals surface area (Å²) in [4.78, 5) is 11.0. The Kier molecular flexibility index (Phi) is 4.49. The number of phenolic OH excluding ortho intramolecular Hbond substituents is 1. The lowest BCUT2D eigenvalue weighted by molar-refractivity contribution is 0.0696. The molecule has 0 atom stereocenters. The molecular weight excluding hydrogens is 296 g/mol. The maximum absolute atomic E-state index is 11.0. The molecule has 2 rings (SSSR count). The third kappa shape index (κ3) is 3.07. The van der Waals surface area contributed by atoms with Crippen molar-refractivity contribution in [2.45, 2.75) is 6.42 Å². The predicted molar refractivity (Wildman–Crippen MR) is 80.3 cm³/mol. The number of methoxy groups -OCH3 is 1. The molecule has 0 unspecified atom stereocenters. The first-order valence-electron chi connectivity index (χ1n) is 6.57. The zero-order chi connectivity index (χ0) is 17.0. The van der Waals surface area contributed by atoms with Crippen LogP contribution in [0.1, 0.15) is 32.6 Å². The number of phenols is 1. The van der Waals surface area contributed by atoms with Gasteiger partial charge in [0.05, 0.1) is 24.3 Å². The minimum absolute atomic E-state index is 0.0427. The zero-order valence-electron chi connectivity index (χ0n) is 12.2. The Morgan fingerprint density at radius 3 is 2.57 bits per heavy atom. The Labute approximate surface area is 132 Å². The van der Waals surface area contributed by atoms with Gasteiger partial charge in [0, 0.05) is 12.5 Å². The van der Waals surface area contributed by atoms with Crippen LogP contribution in [0.4, 0.5) is 0 Å². The van der Waals surface area contributed by atoms with E-state index in [4.69, 9.17) is 9.84 Å². The molecule has 6 heteroatoms. The summed E-state index contributed by atoms with van der Waals surface area (Å²) in [5, 5.41) is 37.7. The second-order valence-electron chi connectivity index (χ2n) is 4.73. The lowest BCUT2D eigenvalue weighted by Gasteiger charge is -2.12. The quantitative estimate of drug-likeness (QED) is 0.896. The molecule has 2 N–H and O–H groups in total. The summed E-state index contributed by atoms with van der Waals surface area (Å²) >= 11 is 0. The smallest absolute Gasteiger partial charge is 0.335 e. The van der Waals surface area contributed by atoms with Crippen molar-refractivity contribution in [3.05, 3.63) is 58.1 Å². The van der Waals surface area contributed by atoms with Crippen LogP contribution in [0.25, 0.3) is 0 Å². The number of rotatable bonds is 4. The number of ether oxygens (including phenoxy) is 1. The molecule has 2 aromatic rings. The Morgan fingerprint density at radius 2 is 2.00 bits per heavy atom. The van der Waals surface area contributed by atoms with Gasteiger partial charge in [0.1, 0.15) is 11.6 Å². The summed E-state index contributed by atoms with van der Waals surface area (Å²) in [6, 6.07) is 11.4. The van der Waals surface area contributed by atoms with E-state index < -0.39 is 5.97 Å². The van der Waals surface area contributed by atoms with Gasteiger partial charge in [-0.05, 0) is 23.3 Å². The molecule has 0 amide bonds. The fraction of sp³-hybridized carbons (Fsp3) is 0.118. The molecule has 0 bridgehead atoms. The van der Waals surface area contributed by atoms with Crippen LogP contribution in [0.3, 0.4) is 0 Å². The molecule has 6 nitrogen and oxygen atoms in total. The SMILES string of the molecule is COc1cc(C#N)c(Cc2cccc(C(=O)O)c2)c(C#N)c1O. The van der Waals surface area contributed by atoms with Crippen LogP contribution in [-0.2, 0) is 6.42 Å². The molecular formula is C17H12N2O4. The van der Waals surface area contributed by atoms with Gasteiger partial charge in [-0.1, -0.05) is 12.1 Å². The van der Waals surface area contributed by atoms with Crippen molar-refractivity contribution in [3.63, 3.8) is 0 Å². The van der Waals surface area contributed by atoms with E-state index in [1.807, 2.05) is 12.1 Å². The van der Waals surface area contributed by atoms with Gasteiger partial charge in [0.15, 0.2) is 11.5 Å². The summed E-state index contributed by atoms with van der Waals surface area (Å²) in [5.74, 6) is -1.36. The number of aromatic carboxylic acids is 1. The molecule has 2 aromatic carbocycles. The van der Waals surface area contributed by atoms with Crippen LogP contribution >= 0.6 is 0 Å². The highest BCUT2D eigenvalue weighted by molar-refractivity contribution is 5.87. The summed E-state index contributed by atoms with van der Waals surface area (Å²) in [7, 11) is 1.33. The lowest BCUT2D eigenvalue weighted by Crippen LogP contribution is -2.02. The van der Waals surface area contributed by atoms with Gasteiger partial charge in [0.2, 0.25) is 0 Å². The van der Waals surface area contributed by atoms with Crippen molar-refractivity contribution in [2.75, 3.05) is 7.11 Å². The third-order valence-corrected chi connectivity index (χ3v) is 3.38. The normalized spacial score (nSPS) is 9.70. The number of hydrogen-bond acceptors (Lipinski definition) is 5. The van der Waals surface area contributed by atoms with Crippen molar-refractivity contribution < 1.29 is 19.7 Å². The number of carboxylic acids is 1. The van der Waals surface area contributed by atoms with E-state index in [0.717, 1.165) is 0 Å². The van der Waals surface area contributed by atoms with Crippen LogP contribution < -0.4 is 4.74 Å². The third-order valence-electron chi connectivity index (χ3n) is 3.38. The van der Waals surface area contributed by atoms with Gasteiger partial charge in [-0.15, -0.1) is 0 Å². The zero-order valence-corrected chi connectivity index (χ0v) is 12.2. The van der Waals surface area contributed by atoms with Crippen molar-refractivity contribution in [1.29, 1.82) is 10.5 Å². The molecule has 0 aliphatic rings. The van der Waals surface area contributed by atoms with Gasteiger partial charge in [-0.2, -0.15) is 10.5 Å². The molecule has 0 aliphatic carbocycles. The van der Waals surface area contributed by atoms with E-state index in [0.29, 0.717) is 11.1 Å². The number of hydrogen-bond donors (Lipinski definition) is 2. The molecule has 23 heavy (non-hydrogen) atoms. The van der Waals surface area contributed by atoms with E-state index in [1.54, 1.807) is 12.1 Å². The number of nitriles is 2. The standard InChI is InChI=1S/C17H12N2O4/c1-23-15-7-12(8-18)13(14(9-19)16(15)20)6-10-3-2-4-11(5-10)17(21)22/h2-5,7,20H,6H2,1H3,(H,21,22).